The molecule has 88 valence electrons. The van der Waals surface area contributed by atoms with Crippen molar-refractivity contribution in [1.29, 1.82) is 0 Å². The molecule has 2 unspecified atom stereocenters. The first kappa shape index (κ1) is 10.00. The third-order valence-corrected chi connectivity index (χ3v) is 4.28. The van der Waals surface area contributed by atoms with Crippen LogP contribution >= 0.6 is 0 Å². The third kappa shape index (κ3) is 1.25. The van der Waals surface area contributed by atoms with E-state index in [1.165, 1.54) is 24.9 Å². The van der Waals surface area contributed by atoms with E-state index < -0.39 is 0 Å². The second kappa shape index (κ2) is 3.15. The molecular formula is C12H20N4. The van der Waals surface area contributed by atoms with Crippen molar-refractivity contribution >= 4 is 11.5 Å². The number of hydrogen-bond donors (Lipinski definition) is 2. The van der Waals surface area contributed by atoms with Crippen LogP contribution in [0.1, 0.15) is 31.9 Å². The summed E-state index contributed by atoms with van der Waals surface area (Å²) in [6.45, 7) is 5.51. The molecule has 0 saturated heterocycles. The first-order valence-corrected chi connectivity index (χ1v) is 6.14. The van der Waals surface area contributed by atoms with Crippen molar-refractivity contribution < 1.29 is 0 Å². The van der Waals surface area contributed by atoms with Crippen LogP contribution in [0, 0.1) is 12.3 Å². The summed E-state index contributed by atoms with van der Waals surface area (Å²) in [6, 6.07) is 0.594. The first-order valence-electron chi connectivity index (χ1n) is 6.14. The van der Waals surface area contributed by atoms with Gasteiger partial charge in [-0.2, -0.15) is 5.10 Å². The highest BCUT2D eigenvalue weighted by Gasteiger charge is 2.41. The summed E-state index contributed by atoms with van der Waals surface area (Å²) in [5.74, 6) is 1.16. The highest BCUT2D eigenvalue weighted by atomic mass is 15.3. The highest BCUT2D eigenvalue weighted by Crippen LogP contribution is 2.43. The van der Waals surface area contributed by atoms with Crippen LogP contribution in [0.5, 0.6) is 0 Å². The van der Waals surface area contributed by atoms with Gasteiger partial charge in [0, 0.05) is 25.0 Å². The van der Waals surface area contributed by atoms with E-state index in [1.54, 1.807) is 0 Å². The molecule has 0 radical (unpaired) electrons. The highest BCUT2D eigenvalue weighted by molar-refractivity contribution is 5.69. The van der Waals surface area contributed by atoms with Gasteiger partial charge in [-0.25, -0.2) is 0 Å². The number of rotatable bonds is 0. The van der Waals surface area contributed by atoms with E-state index in [2.05, 4.69) is 29.6 Å². The quantitative estimate of drug-likeness (QED) is 0.703. The molecule has 0 bridgehead atoms. The summed E-state index contributed by atoms with van der Waals surface area (Å²) in [6.07, 6.45) is 3.93. The monoisotopic (exact) mass is 220 g/mol. The van der Waals surface area contributed by atoms with E-state index in [-0.39, 0.29) is 0 Å². The van der Waals surface area contributed by atoms with Crippen molar-refractivity contribution in [2.24, 2.45) is 12.5 Å². The summed E-state index contributed by atoms with van der Waals surface area (Å²) in [4.78, 5) is 0. The van der Waals surface area contributed by atoms with Gasteiger partial charge in [0.2, 0.25) is 0 Å². The molecule has 1 aliphatic heterocycles. The molecule has 1 fully saturated rings. The predicted octanol–water partition coefficient (Wildman–Crippen LogP) is 2.12. The Balaban J connectivity index is 2.01. The van der Waals surface area contributed by atoms with Crippen molar-refractivity contribution in [2.45, 2.75) is 39.2 Å². The van der Waals surface area contributed by atoms with E-state index in [1.807, 2.05) is 11.7 Å². The van der Waals surface area contributed by atoms with E-state index in [4.69, 9.17) is 0 Å². The number of nitrogens with one attached hydrogen (secondary N) is 2. The largest absolute Gasteiger partial charge is 0.380 e. The second-order valence-electron chi connectivity index (χ2n) is 5.53. The Bertz CT molecular complexity index is 423. The molecule has 0 aromatic carbocycles. The molecule has 2 N–H and O–H groups in total. The van der Waals surface area contributed by atoms with Crippen molar-refractivity contribution in [3.05, 3.63) is 5.69 Å². The molecule has 1 aromatic heterocycles. The van der Waals surface area contributed by atoms with Crippen LogP contribution in [-0.2, 0) is 7.05 Å². The number of fused-ring (bicyclic) bond motifs is 2. The molecule has 3 rings (SSSR count). The summed E-state index contributed by atoms with van der Waals surface area (Å²) < 4.78 is 1.96. The summed E-state index contributed by atoms with van der Waals surface area (Å²) in [7, 11) is 2.01. The molecule has 4 nitrogen and oxygen atoms in total. The Morgan fingerprint density at radius 2 is 2.31 bits per heavy atom. The van der Waals surface area contributed by atoms with Crippen LogP contribution in [-0.4, -0.2) is 22.4 Å². The van der Waals surface area contributed by atoms with Crippen LogP contribution in [0.25, 0.3) is 0 Å². The smallest absolute Gasteiger partial charge is 0.148 e. The minimum Gasteiger partial charge on any atom is -0.380 e. The molecule has 2 atom stereocenters. The van der Waals surface area contributed by atoms with E-state index in [0.29, 0.717) is 11.5 Å². The average molecular weight is 220 g/mol. The van der Waals surface area contributed by atoms with E-state index in [0.717, 1.165) is 18.1 Å². The van der Waals surface area contributed by atoms with Crippen molar-refractivity contribution in [3.8, 4) is 0 Å². The Hall–Kier alpha value is -1.19. The van der Waals surface area contributed by atoms with Gasteiger partial charge >= 0.3 is 0 Å². The Morgan fingerprint density at radius 3 is 3.12 bits per heavy atom. The van der Waals surface area contributed by atoms with Gasteiger partial charge in [-0.15, -0.1) is 0 Å². The van der Waals surface area contributed by atoms with Gasteiger partial charge in [0.15, 0.2) is 0 Å². The van der Waals surface area contributed by atoms with E-state index in [9.17, 15) is 0 Å². The maximum Gasteiger partial charge on any atom is 0.148 e. The number of hydrogen-bond acceptors (Lipinski definition) is 3. The van der Waals surface area contributed by atoms with Crippen LogP contribution < -0.4 is 10.6 Å². The Morgan fingerprint density at radius 1 is 1.50 bits per heavy atom. The molecule has 4 heteroatoms. The normalized spacial score (nSPS) is 32.3. The van der Waals surface area contributed by atoms with Crippen LogP contribution in [0.4, 0.5) is 11.5 Å². The van der Waals surface area contributed by atoms with Gasteiger partial charge < -0.3 is 10.6 Å². The molecule has 2 heterocycles. The molecule has 2 aliphatic rings. The lowest BCUT2D eigenvalue weighted by Gasteiger charge is -2.30. The van der Waals surface area contributed by atoms with Gasteiger partial charge in [-0.05, 0) is 19.8 Å². The Labute approximate surface area is 96.4 Å². The van der Waals surface area contributed by atoms with Gasteiger partial charge in [-0.1, -0.05) is 13.3 Å². The predicted molar refractivity (Wildman–Crippen MR) is 65.8 cm³/mol. The molecule has 16 heavy (non-hydrogen) atoms. The number of anilines is 2. The standard InChI is InChI=1S/C12H20N4/c1-8-10-11(16(3)15-8)14-9-5-4-6-12(9,2)7-13-10/h9,13-14H,4-7H2,1-3H3. The fraction of sp³-hybridized carbons (Fsp3) is 0.750. The van der Waals surface area contributed by atoms with Crippen LogP contribution in [0.15, 0.2) is 0 Å². The van der Waals surface area contributed by atoms with Crippen molar-refractivity contribution in [2.75, 3.05) is 17.2 Å². The summed E-state index contributed by atoms with van der Waals surface area (Å²) >= 11 is 0. The molecule has 0 amide bonds. The number of nitrogens with zero attached hydrogens (tertiary/aromatic N) is 2. The minimum absolute atomic E-state index is 0.394. The minimum atomic E-state index is 0.394. The first-order chi connectivity index (χ1) is 7.60. The third-order valence-electron chi connectivity index (χ3n) is 4.28. The summed E-state index contributed by atoms with van der Waals surface area (Å²) in [5, 5.41) is 11.7. The van der Waals surface area contributed by atoms with Crippen molar-refractivity contribution in [3.63, 3.8) is 0 Å². The van der Waals surface area contributed by atoms with Gasteiger partial charge in [0.25, 0.3) is 0 Å². The van der Waals surface area contributed by atoms with Crippen LogP contribution in [0.2, 0.25) is 0 Å². The topological polar surface area (TPSA) is 41.9 Å². The molecule has 1 aromatic rings. The second-order valence-corrected chi connectivity index (χ2v) is 5.53. The van der Waals surface area contributed by atoms with Gasteiger partial charge in [0.05, 0.1) is 5.69 Å². The zero-order valence-electron chi connectivity index (χ0n) is 10.3. The fourth-order valence-corrected chi connectivity index (χ4v) is 3.18. The maximum absolute atomic E-state index is 4.46. The molecule has 1 aliphatic carbocycles. The van der Waals surface area contributed by atoms with E-state index >= 15 is 0 Å². The lowest BCUT2D eigenvalue weighted by molar-refractivity contribution is 0.334. The van der Waals surface area contributed by atoms with Crippen LogP contribution in [0.3, 0.4) is 0 Å². The lowest BCUT2D eigenvalue weighted by atomic mass is 9.85. The fourth-order valence-electron chi connectivity index (χ4n) is 3.18. The molecule has 0 spiro atoms. The zero-order valence-corrected chi connectivity index (χ0v) is 10.3. The molecule has 1 saturated carbocycles. The Kier molecular flexibility index (Phi) is 1.97. The number of aromatic nitrogens is 2. The maximum atomic E-state index is 4.46. The number of aryl methyl sites for hydroxylation is 2. The molecular weight excluding hydrogens is 200 g/mol. The van der Waals surface area contributed by atoms with Gasteiger partial charge in [0.1, 0.15) is 11.5 Å². The lowest BCUT2D eigenvalue weighted by Crippen LogP contribution is -2.37. The summed E-state index contributed by atoms with van der Waals surface area (Å²) in [5.41, 5.74) is 2.68. The average Bonchev–Trinajstić information content (AvgIpc) is 2.65. The van der Waals surface area contributed by atoms with Gasteiger partial charge in [-0.3, -0.25) is 4.68 Å². The van der Waals surface area contributed by atoms with Crippen molar-refractivity contribution in [1.82, 2.24) is 9.78 Å². The zero-order chi connectivity index (χ0) is 11.3. The SMILES string of the molecule is Cc1nn(C)c2c1NCC1(C)CCCC1N2.